The van der Waals surface area contributed by atoms with Crippen molar-refractivity contribution in [3.63, 3.8) is 0 Å². The summed E-state index contributed by atoms with van der Waals surface area (Å²) in [5.74, 6) is -3.47. The summed E-state index contributed by atoms with van der Waals surface area (Å²) in [5.41, 5.74) is -1.47. The van der Waals surface area contributed by atoms with Crippen molar-refractivity contribution < 1.29 is 28.7 Å². The fourth-order valence-electron chi connectivity index (χ4n) is 4.23. The van der Waals surface area contributed by atoms with E-state index in [4.69, 9.17) is 0 Å². The molecule has 0 N–H and O–H groups in total. The van der Waals surface area contributed by atoms with Gasteiger partial charge in [-0.05, 0) is 0 Å². The van der Waals surface area contributed by atoms with Gasteiger partial charge < -0.3 is 9.47 Å². The third-order valence-corrected chi connectivity index (χ3v) is 4.87. The standard InChI is InChI=1S/C12H4O6/c13-7-3-1-11-6-5(3)4(8(14)17-7)2-12(6,11)10(16)18-9(11)15/h1-2,5-6H. The molecule has 1 saturated carbocycles. The number of hydrogen-bond donors (Lipinski definition) is 0. The normalized spacial score (nSPS) is 49.3. The van der Waals surface area contributed by atoms with E-state index in [1.165, 1.54) is 12.2 Å². The highest BCUT2D eigenvalue weighted by atomic mass is 16.6. The second-order valence-electron chi connectivity index (χ2n) is 5.25. The maximum Gasteiger partial charge on any atom is 0.342 e. The number of ether oxygens (including phenoxy) is 2. The Morgan fingerprint density at radius 2 is 1.33 bits per heavy atom. The Balaban J connectivity index is 1.88. The molecule has 2 spiro atoms. The summed E-state index contributed by atoms with van der Waals surface area (Å²) in [7, 11) is 0. The van der Waals surface area contributed by atoms with E-state index in [-0.39, 0.29) is 5.92 Å². The minimum absolute atomic E-state index is 0.311. The van der Waals surface area contributed by atoms with Gasteiger partial charge in [0.25, 0.3) is 0 Å². The van der Waals surface area contributed by atoms with Gasteiger partial charge >= 0.3 is 23.9 Å². The first kappa shape index (κ1) is 8.79. The van der Waals surface area contributed by atoms with Crippen LogP contribution in [0.5, 0.6) is 0 Å². The van der Waals surface area contributed by atoms with Crippen molar-refractivity contribution in [2.45, 2.75) is 0 Å². The number of hydrogen-bond acceptors (Lipinski definition) is 6. The van der Waals surface area contributed by atoms with Gasteiger partial charge in [0.15, 0.2) is 0 Å². The molecule has 0 aromatic rings. The molecule has 2 atom stereocenters. The lowest BCUT2D eigenvalue weighted by atomic mass is 9.90. The first-order chi connectivity index (χ1) is 8.54. The molecule has 18 heavy (non-hydrogen) atoms. The molecule has 0 aromatic heterocycles. The van der Waals surface area contributed by atoms with Gasteiger partial charge in [-0.15, -0.1) is 0 Å². The summed E-state index contributed by atoms with van der Waals surface area (Å²) < 4.78 is 9.25. The topological polar surface area (TPSA) is 86.7 Å². The number of carbonyl (C=O) groups is 4. The van der Waals surface area contributed by atoms with Crippen LogP contribution in [0.2, 0.25) is 0 Å². The van der Waals surface area contributed by atoms with Crippen molar-refractivity contribution in [2.75, 3.05) is 0 Å². The second kappa shape index (κ2) is 1.96. The summed E-state index contributed by atoms with van der Waals surface area (Å²) in [5, 5.41) is 0. The Morgan fingerprint density at radius 3 is 1.83 bits per heavy atom. The van der Waals surface area contributed by atoms with Crippen LogP contribution in [-0.4, -0.2) is 23.9 Å². The molecule has 3 aliphatic carbocycles. The zero-order chi connectivity index (χ0) is 12.4. The van der Waals surface area contributed by atoms with Crippen LogP contribution in [0.15, 0.2) is 23.3 Å². The molecule has 6 heteroatoms. The molecular weight excluding hydrogens is 240 g/mol. The lowest BCUT2D eigenvalue weighted by Crippen LogP contribution is -2.30. The largest absolute Gasteiger partial charge is 0.392 e. The van der Waals surface area contributed by atoms with E-state index in [0.717, 1.165) is 0 Å². The molecule has 0 amide bonds. The molecule has 0 aromatic carbocycles. The third-order valence-electron chi connectivity index (χ3n) is 4.87. The Kier molecular flexibility index (Phi) is 0.958. The second-order valence-corrected chi connectivity index (χ2v) is 5.25. The summed E-state index contributed by atoms with van der Waals surface area (Å²) in [6, 6.07) is 0. The smallest absolute Gasteiger partial charge is 0.342 e. The molecule has 5 rings (SSSR count). The summed E-state index contributed by atoms with van der Waals surface area (Å²) in [4.78, 5) is 46.9. The van der Waals surface area contributed by atoms with Crippen LogP contribution in [0.3, 0.4) is 0 Å². The molecule has 6 nitrogen and oxygen atoms in total. The number of carbonyl (C=O) groups excluding carboxylic acids is 4. The van der Waals surface area contributed by atoms with Gasteiger partial charge in [-0.25, -0.2) is 9.59 Å². The van der Waals surface area contributed by atoms with E-state index in [0.29, 0.717) is 11.1 Å². The average Bonchev–Trinajstić information content (AvgIpc) is 2.62. The monoisotopic (exact) mass is 244 g/mol. The van der Waals surface area contributed by atoms with Crippen LogP contribution >= 0.6 is 0 Å². The Labute approximate surface area is 99.2 Å². The van der Waals surface area contributed by atoms with Gasteiger partial charge in [0, 0.05) is 23.0 Å². The Hall–Kier alpha value is -2.24. The van der Waals surface area contributed by atoms with Crippen molar-refractivity contribution in [2.24, 2.45) is 22.7 Å². The van der Waals surface area contributed by atoms with Gasteiger partial charge in [-0.1, -0.05) is 12.2 Å². The highest BCUT2D eigenvalue weighted by Crippen LogP contribution is 2.85. The van der Waals surface area contributed by atoms with Gasteiger partial charge in [0.1, 0.15) is 10.8 Å². The molecule has 2 heterocycles. The summed E-state index contributed by atoms with van der Waals surface area (Å²) >= 11 is 0. The predicted molar refractivity (Wildman–Crippen MR) is 50.2 cm³/mol. The van der Waals surface area contributed by atoms with Gasteiger partial charge in [-0.3, -0.25) is 9.59 Å². The molecule has 88 valence electrons. The number of rotatable bonds is 0. The molecule has 2 unspecified atom stereocenters. The number of cyclic esters (lactones) is 4. The summed E-state index contributed by atoms with van der Waals surface area (Å²) in [6.07, 6.45) is 2.96. The molecule has 0 radical (unpaired) electrons. The zero-order valence-electron chi connectivity index (χ0n) is 8.76. The highest BCUT2D eigenvalue weighted by molar-refractivity contribution is 6.19. The van der Waals surface area contributed by atoms with E-state index >= 15 is 0 Å². The van der Waals surface area contributed by atoms with Crippen LogP contribution in [0.4, 0.5) is 0 Å². The average molecular weight is 244 g/mol. The SMILES string of the molecule is O=C1OC(=O)C2=CC34C(=O)OC(=O)C35C=C1C2C54. The van der Waals surface area contributed by atoms with Crippen LogP contribution < -0.4 is 0 Å². The Bertz CT molecular complexity index is 641. The first-order valence-electron chi connectivity index (χ1n) is 5.53. The molecule has 0 bridgehead atoms. The maximum atomic E-state index is 11.8. The van der Waals surface area contributed by atoms with E-state index in [1.54, 1.807) is 0 Å². The van der Waals surface area contributed by atoms with Gasteiger partial charge in [0.05, 0.1) is 0 Å². The van der Waals surface area contributed by atoms with Crippen LogP contribution in [0.25, 0.3) is 0 Å². The van der Waals surface area contributed by atoms with E-state index in [9.17, 15) is 19.2 Å². The van der Waals surface area contributed by atoms with Crippen molar-refractivity contribution in [3.05, 3.63) is 23.3 Å². The van der Waals surface area contributed by atoms with Crippen molar-refractivity contribution in [3.8, 4) is 0 Å². The predicted octanol–water partition coefficient (Wildman–Crippen LogP) is -0.748. The molecule has 5 aliphatic rings. The fraction of sp³-hybridized carbons (Fsp3) is 0.333. The lowest BCUT2D eigenvalue weighted by Gasteiger charge is -2.20. The zero-order valence-corrected chi connectivity index (χ0v) is 8.76. The van der Waals surface area contributed by atoms with E-state index in [2.05, 4.69) is 9.47 Å². The van der Waals surface area contributed by atoms with E-state index in [1.807, 2.05) is 0 Å². The molecular formula is C12H4O6. The van der Waals surface area contributed by atoms with Crippen LogP contribution in [0.1, 0.15) is 0 Å². The molecule has 3 fully saturated rings. The van der Waals surface area contributed by atoms with Gasteiger partial charge in [0.2, 0.25) is 0 Å². The highest BCUT2D eigenvalue weighted by Gasteiger charge is 2.95. The Morgan fingerprint density at radius 1 is 0.833 bits per heavy atom. The van der Waals surface area contributed by atoms with E-state index < -0.39 is 40.6 Å². The molecule has 2 saturated heterocycles. The van der Waals surface area contributed by atoms with Crippen LogP contribution in [-0.2, 0) is 28.7 Å². The van der Waals surface area contributed by atoms with Crippen molar-refractivity contribution >= 4 is 23.9 Å². The molecule has 2 aliphatic heterocycles. The quantitative estimate of drug-likeness (QED) is 0.411. The van der Waals surface area contributed by atoms with Gasteiger partial charge in [-0.2, -0.15) is 0 Å². The fourth-order valence-corrected chi connectivity index (χ4v) is 4.23. The summed E-state index contributed by atoms with van der Waals surface area (Å²) in [6.45, 7) is 0. The van der Waals surface area contributed by atoms with Crippen LogP contribution in [0, 0.1) is 22.7 Å². The minimum Gasteiger partial charge on any atom is -0.392 e. The maximum absolute atomic E-state index is 11.8. The lowest BCUT2D eigenvalue weighted by molar-refractivity contribution is -0.160. The van der Waals surface area contributed by atoms with Crippen molar-refractivity contribution in [1.82, 2.24) is 0 Å². The number of esters is 4. The third kappa shape index (κ3) is 0.503. The first-order valence-corrected chi connectivity index (χ1v) is 5.53. The van der Waals surface area contributed by atoms with Crippen molar-refractivity contribution in [1.29, 1.82) is 0 Å². The minimum atomic E-state index is -1.04.